The van der Waals surface area contributed by atoms with E-state index in [1.165, 1.54) is 0 Å². The van der Waals surface area contributed by atoms with E-state index < -0.39 is 46.1 Å². The maximum Gasteiger partial charge on any atom is 0.172 e. The number of ketones is 1. The van der Waals surface area contributed by atoms with Crippen molar-refractivity contribution < 1.29 is 118 Å². The van der Waals surface area contributed by atoms with Gasteiger partial charge in [0.05, 0.1) is 24.4 Å². The van der Waals surface area contributed by atoms with E-state index >= 15 is 0 Å². The minimum atomic E-state index is -1.42. The summed E-state index contributed by atoms with van der Waals surface area (Å²) in [5.74, 6) is -1.51. The van der Waals surface area contributed by atoms with Crippen LogP contribution in [0, 0.1) is 117 Å². The van der Waals surface area contributed by atoms with Gasteiger partial charge in [-0.1, -0.05) is 34.6 Å². The summed E-state index contributed by atoms with van der Waals surface area (Å²) < 4.78 is 5.65. The van der Waals surface area contributed by atoms with Crippen molar-refractivity contribution >= 4 is 5.78 Å². The van der Waals surface area contributed by atoms with Gasteiger partial charge in [0.2, 0.25) is 0 Å². The second-order valence-electron chi connectivity index (χ2n) is 10.6. The molecule has 2 saturated carbocycles. The van der Waals surface area contributed by atoms with Crippen molar-refractivity contribution in [1.82, 2.24) is 0 Å². The van der Waals surface area contributed by atoms with Crippen molar-refractivity contribution in [2.45, 2.75) is 83.9 Å². The molecule has 1 saturated heterocycles. The quantitative estimate of drug-likeness (QED) is 0.274. The monoisotopic (exact) mass is 848 g/mol. The van der Waals surface area contributed by atoms with E-state index in [0.717, 1.165) is 0 Å². The SMILES string of the molecule is CC1=C2C(O)C(=O)C3(C)C(C)CC4OCC4(O)C3C(C)C(O)(CC1O)C2(C)C.[Ac].[Ac]. The number of carbonyl (C=O) groups is 1. The van der Waals surface area contributed by atoms with Crippen LogP contribution in [0.25, 0.3) is 0 Å². The first-order valence-corrected chi connectivity index (χ1v) is 10.4. The van der Waals surface area contributed by atoms with Crippen LogP contribution >= 0.6 is 0 Å². The molecule has 1 aliphatic heterocycles. The molecule has 8 heteroatoms. The van der Waals surface area contributed by atoms with Crippen LogP contribution in [0.1, 0.15) is 54.4 Å². The zero-order valence-corrected chi connectivity index (χ0v) is 28.3. The van der Waals surface area contributed by atoms with Gasteiger partial charge in [-0.15, -0.1) is 0 Å². The minimum Gasteiger partial charge on any atom is -0.389 e. The van der Waals surface area contributed by atoms with Gasteiger partial charge in [0.25, 0.3) is 0 Å². The van der Waals surface area contributed by atoms with Crippen LogP contribution < -0.4 is 0 Å². The third-order valence-corrected chi connectivity index (χ3v) is 9.34. The Labute approximate surface area is 250 Å². The van der Waals surface area contributed by atoms with Crippen molar-refractivity contribution in [2.75, 3.05) is 6.61 Å². The molecule has 1 heterocycles. The summed E-state index contributed by atoms with van der Waals surface area (Å²) in [6.45, 7) is 11.2. The fraction of sp³-hybridized carbons (Fsp3) is 0.864. The van der Waals surface area contributed by atoms with E-state index in [9.17, 15) is 25.2 Å². The molecule has 3 aliphatic carbocycles. The van der Waals surface area contributed by atoms with Crippen molar-refractivity contribution in [3.8, 4) is 0 Å². The predicted octanol–water partition coefficient (Wildman–Crippen LogP) is 1.20. The van der Waals surface area contributed by atoms with Gasteiger partial charge in [0.15, 0.2) is 5.78 Å². The standard InChI is InChI=1S/C22H34O6.2Ac/c1-10-7-14-21(26,9-28-14)17-12(3)22(27)8-13(23)11(2)15(19(22,4)5)16(24)18(25)20(10,17)6;;/h10,12-14,16-17,23-24,26-27H,7-9H2,1-6H3;;. The van der Waals surface area contributed by atoms with E-state index in [1.807, 2.05) is 34.6 Å². The van der Waals surface area contributed by atoms with Gasteiger partial charge < -0.3 is 25.2 Å². The van der Waals surface area contributed by atoms with Crippen LogP contribution in [-0.4, -0.2) is 62.3 Å². The Hall–Kier alpha value is 2.09. The first kappa shape index (κ1) is 28.3. The van der Waals surface area contributed by atoms with Gasteiger partial charge in [0, 0.05) is 111 Å². The number of aliphatic hydroxyl groups is 4. The molecule has 30 heavy (non-hydrogen) atoms. The maximum atomic E-state index is 13.8. The zero-order chi connectivity index (χ0) is 21.0. The third-order valence-electron chi connectivity index (χ3n) is 9.34. The number of Topliss-reactive ketones (excluding diaryl/α,β-unsaturated/α-hetero) is 1. The topological polar surface area (TPSA) is 107 Å². The van der Waals surface area contributed by atoms with Gasteiger partial charge in [-0.3, -0.25) is 4.79 Å². The second-order valence-corrected chi connectivity index (χ2v) is 10.6. The van der Waals surface area contributed by atoms with E-state index in [1.54, 1.807) is 6.92 Å². The maximum absolute atomic E-state index is 13.8. The molecule has 2 bridgehead atoms. The van der Waals surface area contributed by atoms with Crippen molar-refractivity contribution in [3.63, 3.8) is 0 Å². The van der Waals surface area contributed by atoms with Crippen molar-refractivity contribution in [1.29, 1.82) is 0 Å². The molecule has 0 aromatic rings. The fourth-order valence-corrected chi connectivity index (χ4v) is 7.30. The Morgan fingerprint density at radius 3 is 2.13 bits per heavy atom. The fourth-order valence-electron chi connectivity index (χ4n) is 7.30. The molecule has 0 spiro atoms. The summed E-state index contributed by atoms with van der Waals surface area (Å²) in [6.07, 6.45) is -2.08. The third kappa shape index (κ3) is 3.28. The Bertz CT molecular complexity index is 769. The number of carbonyl (C=O) groups excluding carboxylic acids is 1. The molecule has 0 aromatic carbocycles. The van der Waals surface area contributed by atoms with Crippen LogP contribution in [0.4, 0.5) is 0 Å². The molecule has 2 radical (unpaired) electrons. The summed E-state index contributed by atoms with van der Waals surface area (Å²) in [5.41, 5.74) is -3.55. The number of fused-ring (bicyclic) bond motifs is 5. The normalized spacial score (nSPS) is 51.9. The Balaban J connectivity index is 0.00000160. The molecule has 9 atom stereocenters. The summed E-state index contributed by atoms with van der Waals surface area (Å²) in [7, 11) is 0. The first-order chi connectivity index (χ1) is 12.7. The summed E-state index contributed by atoms with van der Waals surface area (Å²) >= 11 is 0. The number of hydrogen-bond donors (Lipinski definition) is 4. The molecule has 4 rings (SSSR count). The van der Waals surface area contributed by atoms with Crippen LogP contribution in [0.2, 0.25) is 0 Å². The number of hydrogen-bond acceptors (Lipinski definition) is 6. The smallest absolute Gasteiger partial charge is 0.172 e. The molecule has 9 unspecified atom stereocenters. The molecular weight excluding hydrogens is 814 g/mol. The van der Waals surface area contributed by atoms with Gasteiger partial charge in [-0.05, 0) is 36.3 Å². The van der Waals surface area contributed by atoms with Crippen LogP contribution in [0.3, 0.4) is 0 Å². The second kappa shape index (κ2) is 8.64. The van der Waals surface area contributed by atoms with Crippen molar-refractivity contribution in [3.05, 3.63) is 11.1 Å². The minimum absolute atomic E-state index is 0. The Kier molecular flexibility index (Phi) is 8.16. The van der Waals surface area contributed by atoms with E-state index in [2.05, 4.69) is 0 Å². The molecule has 4 aliphatic rings. The number of aliphatic hydroxyl groups excluding tert-OH is 2. The van der Waals surface area contributed by atoms with E-state index in [4.69, 9.17) is 4.74 Å². The molecule has 4 N–H and O–H groups in total. The molecule has 164 valence electrons. The molecule has 0 aromatic heterocycles. The van der Waals surface area contributed by atoms with Gasteiger partial charge in [0.1, 0.15) is 11.7 Å². The van der Waals surface area contributed by atoms with Crippen LogP contribution in [0.15, 0.2) is 11.1 Å². The van der Waals surface area contributed by atoms with E-state index in [0.29, 0.717) is 17.6 Å². The van der Waals surface area contributed by atoms with Gasteiger partial charge in [-0.25, -0.2) is 0 Å². The molecular formula is C22H34Ac2O6. The number of ether oxygens (including phenoxy) is 1. The summed E-state index contributed by atoms with van der Waals surface area (Å²) in [5, 5.41) is 45.5. The predicted molar refractivity (Wildman–Crippen MR) is 102 cm³/mol. The molecule has 0 amide bonds. The van der Waals surface area contributed by atoms with Gasteiger partial charge in [-0.2, -0.15) is 0 Å². The average molecular weight is 849 g/mol. The van der Waals surface area contributed by atoms with Gasteiger partial charge >= 0.3 is 0 Å². The van der Waals surface area contributed by atoms with Crippen molar-refractivity contribution in [2.24, 2.45) is 28.6 Å². The Morgan fingerprint density at radius 1 is 1.07 bits per heavy atom. The summed E-state index contributed by atoms with van der Waals surface area (Å²) in [4.78, 5) is 13.8. The van der Waals surface area contributed by atoms with Crippen LogP contribution in [-0.2, 0) is 9.53 Å². The summed E-state index contributed by atoms with van der Waals surface area (Å²) in [6, 6.07) is 0. The Morgan fingerprint density at radius 2 is 1.63 bits per heavy atom. The average Bonchev–Trinajstić information content (AvgIpc) is 2.60. The van der Waals surface area contributed by atoms with Crippen LogP contribution in [0.5, 0.6) is 0 Å². The molecule has 3 fully saturated rings. The van der Waals surface area contributed by atoms with E-state index in [-0.39, 0.29) is 119 Å². The zero-order valence-electron chi connectivity index (χ0n) is 18.8. The largest absolute Gasteiger partial charge is 0.389 e. The molecule has 6 nitrogen and oxygen atoms in total. The number of rotatable bonds is 0. The first-order valence-electron chi connectivity index (χ1n) is 10.4.